The minimum atomic E-state index is -0.558. The molecule has 1 aromatic carbocycles. The molecular formula is C14H18O4S2. The zero-order chi connectivity index (χ0) is 15.1. The average molecular weight is 314 g/mol. The highest BCUT2D eigenvalue weighted by molar-refractivity contribution is 7.81. The van der Waals surface area contributed by atoms with E-state index in [1.165, 1.54) is 12.1 Å². The Morgan fingerprint density at radius 3 is 1.60 bits per heavy atom. The molecule has 0 radical (unpaired) electrons. The number of carbonyl (C=O) groups excluding carboxylic acids is 2. The Labute approximate surface area is 129 Å². The first-order chi connectivity index (χ1) is 9.41. The molecule has 0 bridgehead atoms. The number of carbonyl (C=O) groups is 2. The van der Waals surface area contributed by atoms with Gasteiger partial charge in [-0.2, -0.15) is 25.3 Å². The van der Waals surface area contributed by atoms with Gasteiger partial charge in [-0.3, -0.25) is 0 Å². The molecule has 1 aromatic rings. The number of esters is 2. The minimum Gasteiger partial charge on any atom is -0.461 e. The minimum absolute atomic E-state index is 0.0666. The normalized spacial score (nSPS) is 13.4. The molecule has 0 fully saturated rings. The zero-order valence-electron chi connectivity index (χ0n) is 11.4. The van der Waals surface area contributed by atoms with Crippen LogP contribution in [0.5, 0.6) is 0 Å². The van der Waals surface area contributed by atoms with Crippen LogP contribution in [0.1, 0.15) is 34.6 Å². The van der Waals surface area contributed by atoms with Crippen LogP contribution in [0.3, 0.4) is 0 Å². The fourth-order valence-electron chi connectivity index (χ4n) is 1.39. The third-order valence-corrected chi connectivity index (χ3v) is 2.58. The summed E-state index contributed by atoms with van der Waals surface area (Å²) in [4.78, 5) is 23.9. The molecule has 0 saturated heterocycles. The van der Waals surface area contributed by atoms with E-state index in [1.54, 1.807) is 12.1 Å². The first-order valence-corrected chi connectivity index (χ1v) is 7.24. The van der Waals surface area contributed by atoms with Gasteiger partial charge in [0, 0.05) is 10.5 Å². The maximum absolute atomic E-state index is 11.9. The van der Waals surface area contributed by atoms with E-state index < -0.39 is 11.9 Å². The summed E-state index contributed by atoms with van der Waals surface area (Å²) in [6.07, 6.45) is 0. The first-order valence-electron chi connectivity index (χ1n) is 6.21. The molecule has 1 rings (SSSR count). The average Bonchev–Trinajstić information content (AvgIpc) is 2.42. The van der Waals surface area contributed by atoms with Crippen molar-refractivity contribution in [2.75, 3.05) is 13.2 Å². The highest BCUT2D eigenvalue weighted by Crippen LogP contribution is 2.13. The van der Waals surface area contributed by atoms with Gasteiger partial charge in [0.2, 0.25) is 0 Å². The molecule has 0 spiro atoms. The Morgan fingerprint density at radius 2 is 1.30 bits per heavy atom. The van der Waals surface area contributed by atoms with Crippen molar-refractivity contribution in [2.45, 2.75) is 24.3 Å². The van der Waals surface area contributed by atoms with Crippen molar-refractivity contribution in [1.29, 1.82) is 0 Å². The summed E-state index contributed by atoms with van der Waals surface area (Å²) in [6.45, 7) is 3.98. The van der Waals surface area contributed by atoms with E-state index in [0.29, 0.717) is 0 Å². The number of thiol groups is 2. The maximum atomic E-state index is 11.9. The monoisotopic (exact) mass is 314 g/mol. The van der Waals surface area contributed by atoms with Crippen LogP contribution in [0.4, 0.5) is 0 Å². The van der Waals surface area contributed by atoms with Crippen LogP contribution >= 0.6 is 25.3 Å². The van der Waals surface area contributed by atoms with Gasteiger partial charge in [-0.15, -0.1) is 0 Å². The lowest BCUT2D eigenvalue weighted by atomic mass is 10.1. The molecule has 0 heterocycles. The summed E-state index contributed by atoms with van der Waals surface area (Å²) in [5.41, 5.74) is 0.386. The van der Waals surface area contributed by atoms with Crippen LogP contribution in [0.2, 0.25) is 0 Å². The summed E-state index contributed by atoms with van der Waals surface area (Å²) < 4.78 is 10.1. The molecule has 0 amide bonds. The van der Waals surface area contributed by atoms with Crippen molar-refractivity contribution in [1.82, 2.24) is 0 Å². The molecule has 0 aliphatic carbocycles. The summed E-state index contributed by atoms with van der Waals surface area (Å²) in [5.74, 6) is -1.12. The highest BCUT2D eigenvalue weighted by Gasteiger charge is 2.19. The molecule has 110 valence electrons. The summed E-state index contributed by atoms with van der Waals surface area (Å²) in [7, 11) is 0. The fourth-order valence-corrected chi connectivity index (χ4v) is 1.54. The predicted octanol–water partition coefficient (Wildman–Crippen LogP) is 2.64. The third kappa shape index (κ3) is 5.46. The van der Waals surface area contributed by atoms with Gasteiger partial charge in [0.25, 0.3) is 0 Å². The van der Waals surface area contributed by atoms with E-state index in [2.05, 4.69) is 25.3 Å². The molecule has 4 nitrogen and oxygen atoms in total. The number of ether oxygens (including phenoxy) is 2. The largest absolute Gasteiger partial charge is 0.461 e. The quantitative estimate of drug-likeness (QED) is 0.626. The van der Waals surface area contributed by atoms with E-state index in [1.807, 2.05) is 13.8 Å². The molecule has 20 heavy (non-hydrogen) atoms. The molecule has 0 aliphatic heterocycles. The number of hydrogen-bond acceptors (Lipinski definition) is 6. The maximum Gasteiger partial charge on any atom is 0.339 e. The van der Waals surface area contributed by atoms with Gasteiger partial charge >= 0.3 is 11.9 Å². The number of hydrogen-bond donors (Lipinski definition) is 2. The van der Waals surface area contributed by atoms with Crippen molar-refractivity contribution >= 4 is 37.2 Å². The molecule has 0 N–H and O–H groups in total. The van der Waals surface area contributed by atoms with Crippen LogP contribution in [-0.2, 0) is 9.47 Å². The van der Waals surface area contributed by atoms with Crippen molar-refractivity contribution in [3.63, 3.8) is 0 Å². The Morgan fingerprint density at radius 1 is 0.950 bits per heavy atom. The van der Waals surface area contributed by atoms with Gasteiger partial charge < -0.3 is 9.47 Å². The van der Waals surface area contributed by atoms with E-state index >= 15 is 0 Å². The first kappa shape index (κ1) is 16.9. The van der Waals surface area contributed by atoms with Gasteiger partial charge in [0.05, 0.1) is 11.1 Å². The molecular weight excluding hydrogens is 296 g/mol. The summed E-state index contributed by atoms with van der Waals surface area (Å²) in [6, 6.07) is 6.40. The van der Waals surface area contributed by atoms with Crippen LogP contribution in [-0.4, -0.2) is 35.7 Å². The highest BCUT2D eigenvalue weighted by atomic mass is 32.1. The summed E-state index contributed by atoms with van der Waals surface area (Å²) >= 11 is 8.26. The van der Waals surface area contributed by atoms with Crippen molar-refractivity contribution in [3.8, 4) is 0 Å². The Balaban J connectivity index is 2.82. The van der Waals surface area contributed by atoms with E-state index in [0.717, 1.165) is 0 Å². The lowest BCUT2D eigenvalue weighted by Gasteiger charge is -2.11. The van der Waals surface area contributed by atoms with Crippen LogP contribution in [0.25, 0.3) is 0 Å². The Hall–Kier alpha value is -1.14. The Bertz CT molecular complexity index is 429. The van der Waals surface area contributed by atoms with Gasteiger partial charge in [-0.05, 0) is 12.1 Å². The lowest BCUT2D eigenvalue weighted by Crippen LogP contribution is -2.18. The molecule has 0 saturated carbocycles. The standard InChI is InChI=1S/C14H18O4S2/c1-9(19)7-17-13(15)11-5-3-4-6-12(11)14(16)18-8-10(2)20/h3-6,9-10,19-20H,7-8H2,1-2H3. The van der Waals surface area contributed by atoms with Gasteiger partial charge in [0.15, 0.2) is 0 Å². The van der Waals surface area contributed by atoms with E-state index in [-0.39, 0.29) is 34.8 Å². The Kier molecular flexibility index (Phi) is 6.95. The lowest BCUT2D eigenvalue weighted by molar-refractivity contribution is 0.0464. The SMILES string of the molecule is CC(S)COC(=O)c1ccccc1C(=O)OCC(C)S. The second kappa shape index (κ2) is 8.21. The van der Waals surface area contributed by atoms with Gasteiger partial charge in [-0.25, -0.2) is 9.59 Å². The molecule has 2 unspecified atom stereocenters. The predicted molar refractivity (Wildman–Crippen MR) is 83.9 cm³/mol. The topological polar surface area (TPSA) is 52.6 Å². The fraction of sp³-hybridized carbons (Fsp3) is 0.429. The van der Waals surface area contributed by atoms with Crippen LogP contribution < -0.4 is 0 Å². The van der Waals surface area contributed by atoms with Gasteiger partial charge in [-0.1, -0.05) is 26.0 Å². The van der Waals surface area contributed by atoms with Crippen LogP contribution in [0, 0.1) is 0 Å². The molecule has 0 aromatic heterocycles. The van der Waals surface area contributed by atoms with Gasteiger partial charge in [0.1, 0.15) is 13.2 Å². The third-order valence-electron chi connectivity index (χ3n) is 2.28. The molecule has 0 aliphatic rings. The summed E-state index contributed by atoms with van der Waals surface area (Å²) in [5, 5.41) is -0.133. The van der Waals surface area contributed by atoms with E-state index in [4.69, 9.17) is 9.47 Å². The molecule has 6 heteroatoms. The van der Waals surface area contributed by atoms with E-state index in [9.17, 15) is 9.59 Å². The smallest absolute Gasteiger partial charge is 0.339 e. The van der Waals surface area contributed by atoms with Crippen molar-refractivity contribution in [3.05, 3.63) is 35.4 Å². The van der Waals surface area contributed by atoms with Crippen molar-refractivity contribution in [2.24, 2.45) is 0 Å². The number of benzene rings is 1. The number of rotatable bonds is 6. The second-order valence-electron chi connectivity index (χ2n) is 4.44. The molecule has 2 atom stereocenters. The van der Waals surface area contributed by atoms with Crippen LogP contribution in [0.15, 0.2) is 24.3 Å². The zero-order valence-corrected chi connectivity index (χ0v) is 13.2. The second-order valence-corrected chi connectivity index (χ2v) is 6.20. The van der Waals surface area contributed by atoms with Crippen molar-refractivity contribution < 1.29 is 19.1 Å².